The monoisotopic (exact) mass is 594 g/mol. The molecule has 2 rings (SSSR count). The lowest BCUT2D eigenvalue weighted by Gasteiger charge is -2.21. The van der Waals surface area contributed by atoms with Crippen molar-refractivity contribution < 1.29 is 9.59 Å². The van der Waals surface area contributed by atoms with E-state index in [0.29, 0.717) is 19.3 Å². The maximum atomic E-state index is 12.2. The first-order valence-corrected chi connectivity index (χ1v) is 12.9. The van der Waals surface area contributed by atoms with Crippen molar-refractivity contribution in [3.05, 3.63) is 83.9 Å². The Hall–Kier alpha value is -1.40. The summed E-state index contributed by atoms with van der Waals surface area (Å²) in [6.45, 7) is 0. The summed E-state index contributed by atoms with van der Waals surface area (Å²) >= 11 is 34.4. The first kappa shape index (κ1) is 29.8. The van der Waals surface area contributed by atoms with Gasteiger partial charge in [0.1, 0.15) is 0 Å². The van der Waals surface area contributed by atoms with Crippen LogP contribution in [0.3, 0.4) is 0 Å². The van der Waals surface area contributed by atoms with Gasteiger partial charge in [-0.15, -0.1) is 0 Å². The first-order chi connectivity index (χ1) is 16.4. The highest BCUT2D eigenvalue weighted by Gasteiger charge is 2.33. The molecule has 0 aliphatic heterocycles. The van der Waals surface area contributed by atoms with Crippen LogP contribution in [0.1, 0.15) is 30.4 Å². The molecule has 2 aromatic carbocycles. The minimum absolute atomic E-state index is 0.416. The number of carbonyl (C=O) groups excluding carboxylic acids is 2. The summed E-state index contributed by atoms with van der Waals surface area (Å²) < 4.78 is -4.17. The summed E-state index contributed by atoms with van der Waals surface area (Å²) in [6.07, 6.45) is 9.02. The lowest BCUT2D eigenvalue weighted by molar-refractivity contribution is -0.121. The average molecular weight is 597 g/mol. The number of hydrogen-bond acceptors (Lipinski definition) is 2. The Morgan fingerprint density at radius 1 is 0.657 bits per heavy atom. The number of alkyl halides is 6. The Kier molecular flexibility index (Phi) is 12.2. The van der Waals surface area contributed by atoms with Gasteiger partial charge in [-0.2, -0.15) is 0 Å². The predicted molar refractivity (Wildman–Crippen MR) is 149 cm³/mol. The molecule has 0 aliphatic rings. The van der Waals surface area contributed by atoms with Crippen LogP contribution >= 0.6 is 69.6 Å². The summed E-state index contributed by atoms with van der Waals surface area (Å²) in [4.78, 5) is 24.5. The van der Waals surface area contributed by atoms with Crippen molar-refractivity contribution in [3.63, 3.8) is 0 Å². The van der Waals surface area contributed by atoms with Crippen LogP contribution in [0.4, 0.5) is 0 Å². The van der Waals surface area contributed by atoms with Gasteiger partial charge in [0.05, 0.1) is 0 Å². The van der Waals surface area contributed by atoms with Gasteiger partial charge in [-0.1, -0.05) is 155 Å². The van der Waals surface area contributed by atoms with E-state index in [1.54, 1.807) is 0 Å². The molecule has 2 N–H and O–H groups in total. The van der Waals surface area contributed by atoms with Crippen LogP contribution in [-0.2, 0) is 9.59 Å². The third-order valence-corrected chi connectivity index (χ3v) is 5.85. The molecule has 2 atom stereocenters. The molecule has 0 unspecified atom stereocenters. The first-order valence-electron chi connectivity index (χ1n) is 10.7. The standard InChI is InChI=1S/C25H24Cl6N2O2/c26-24(27,28)22(34)32-20(16-14-18-8-3-1-4-9-18)12-7-13-21(33-23(35)25(29,30)31)17-15-19-10-5-2-6-11-19/h1-6,8-11,14-17,20-21H,7,12-13H2,(H,32,34)(H,33,35)/b16-14+,17-15+/t20-,21-/m0/s1. The third-order valence-electron chi connectivity index (χ3n) is 4.82. The second kappa shape index (κ2) is 14.4. The molecule has 4 nitrogen and oxygen atoms in total. The van der Waals surface area contributed by atoms with Crippen molar-refractivity contribution in [2.75, 3.05) is 0 Å². The molecular formula is C25H24Cl6N2O2. The molecular weight excluding hydrogens is 573 g/mol. The number of rotatable bonds is 10. The Morgan fingerprint density at radius 2 is 1.00 bits per heavy atom. The molecule has 0 saturated carbocycles. The molecule has 35 heavy (non-hydrogen) atoms. The molecule has 0 spiro atoms. The molecule has 0 fully saturated rings. The molecule has 2 amide bonds. The van der Waals surface area contributed by atoms with Crippen molar-refractivity contribution in [1.82, 2.24) is 10.6 Å². The largest absolute Gasteiger partial charge is 0.346 e. The molecule has 0 radical (unpaired) electrons. The van der Waals surface area contributed by atoms with Gasteiger partial charge in [0, 0.05) is 12.1 Å². The van der Waals surface area contributed by atoms with Crippen LogP contribution < -0.4 is 10.6 Å². The van der Waals surface area contributed by atoms with Crippen LogP contribution in [0.2, 0.25) is 0 Å². The number of benzene rings is 2. The summed E-state index contributed by atoms with van der Waals surface area (Å²) in [5, 5.41) is 5.47. The maximum absolute atomic E-state index is 12.2. The van der Waals surface area contributed by atoms with E-state index in [1.807, 2.05) is 85.0 Å². The van der Waals surface area contributed by atoms with Crippen molar-refractivity contribution in [1.29, 1.82) is 0 Å². The summed E-state index contributed by atoms with van der Waals surface area (Å²) in [5.74, 6) is -1.45. The minimum Gasteiger partial charge on any atom is -0.346 e. The Bertz CT molecular complexity index is 921. The second-order valence-electron chi connectivity index (χ2n) is 7.63. The summed E-state index contributed by atoms with van der Waals surface area (Å²) in [7, 11) is 0. The molecule has 188 valence electrons. The molecule has 0 bridgehead atoms. The van der Waals surface area contributed by atoms with Crippen LogP contribution in [-0.4, -0.2) is 31.5 Å². The fourth-order valence-electron chi connectivity index (χ4n) is 3.07. The van der Waals surface area contributed by atoms with E-state index >= 15 is 0 Å². The maximum Gasteiger partial charge on any atom is 0.272 e. The smallest absolute Gasteiger partial charge is 0.272 e. The normalized spacial score (nSPS) is 14.1. The number of amides is 2. The van der Waals surface area contributed by atoms with Gasteiger partial charge in [0.2, 0.25) is 0 Å². The Labute approximate surface area is 235 Å². The van der Waals surface area contributed by atoms with Gasteiger partial charge < -0.3 is 10.6 Å². The predicted octanol–water partition coefficient (Wildman–Crippen LogP) is 7.29. The van der Waals surface area contributed by atoms with Crippen molar-refractivity contribution >= 4 is 93.6 Å². The number of halogens is 6. The van der Waals surface area contributed by atoms with Gasteiger partial charge in [-0.05, 0) is 30.4 Å². The highest BCUT2D eigenvalue weighted by molar-refractivity contribution is 6.76. The van der Waals surface area contributed by atoms with Crippen LogP contribution in [0, 0.1) is 0 Å². The van der Waals surface area contributed by atoms with Gasteiger partial charge in [-0.3, -0.25) is 9.59 Å². The van der Waals surface area contributed by atoms with Crippen molar-refractivity contribution in [2.45, 2.75) is 38.9 Å². The topological polar surface area (TPSA) is 58.2 Å². The van der Waals surface area contributed by atoms with Gasteiger partial charge in [-0.25, -0.2) is 0 Å². The molecule has 0 aliphatic carbocycles. The van der Waals surface area contributed by atoms with Crippen LogP contribution in [0.15, 0.2) is 72.8 Å². The second-order valence-corrected chi connectivity index (χ2v) is 12.2. The van der Waals surface area contributed by atoms with Gasteiger partial charge >= 0.3 is 0 Å². The number of hydrogen-bond donors (Lipinski definition) is 2. The zero-order valence-corrected chi connectivity index (χ0v) is 23.0. The van der Waals surface area contributed by atoms with E-state index in [9.17, 15) is 9.59 Å². The van der Waals surface area contributed by atoms with E-state index in [4.69, 9.17) is 69.6 Å². The van der Waals surface area contributed by atoms with Gasteiger partial charge in [0.15, 0.2) is 0 Å². The molecule has 0 aromatic heterocycles. The zero-order chi connectivity index (χ0) is 25.9. The highest BCUT2D eigenvalue weighted by atomic mass is 35.6. The van der Waals surface area contributed by atoms with E-state index in [2.05, 4.69) is 10.6 Å². The fourth-order valence-corrected chi connectivity index (χ4v) is 3.40. The van der Waals surface area contributed by atoms with E-state index in [0.717, 1.165) is 11.1 Å². The third kappa shape index (κ3) is 11.9. The Morgan fingerprint density at radius 3 is 1.31 bits per heavy atom. The van der Waals surface area contributed by atoms with E-state index in [-0.39, 0.29) is 0 Å². The molecule has 0 heterocycles. The average Bonchev–Trinajstić information content (AvgIpc) is 2.80. The summed E-state index contributed by atoms with van der Waals surface area (Å²) in [5.41, 5.74) is 1.92. The lowest BCUT2D eigenvalue weighted by Crippen LogP contribution is -2.42. The SMILES string of the molecule is O=C(N[C@H](/C=C/c1ccccc1)CCC[C@@H](/C=C/c1ccccc1)NC(=O)C(Cl)(Cl)Cl)C(Cl)(Cl)Cl. The van der Waals surface area contributed by atoms with Crippen LogP contribution in [0.5, 0.6) is 0 Å². The fraction of sp³-hybridized carbons (Fsp3) is 0.280. The quantitative estimate of drug-likeness (QED) is 0.283. The molecule has 2 aromatic rings. The highest BCUT2D eigenvalue weighted by Crippen LogP contribution is 2.27. The number of nitrogens with one attached hydrogen (secondary N) is 2. The number of carbonyl (C=O) groups is 2. The van der Waals surface area contributed by atoms with Crippen molar-refractivity contribution in [3.8, 4) is 0 Å². The Balaban J connectivity index is 2.10. The lowest BCUT2D eigenvalue weighted by atomic mass is 10.0. The van der Waals surface area contributed by atoms with Crippen LogP contribution in [0.25, 0.3) is 12.2 Å². The molecule has 0 saturated heterocycles. The van der Waals surface area contributed by atoms with E-state index < -0.39 is 31.5 Å². The van der Waals surface area contributed by atoms with Gasteiger partial charge in [0.25, 0.3) is 19.4 Å². The minimum atomic E-state index is -2.09. The van der Waals surface area contributed by atoms with E-state index in [1.165, 1.54) is 0 Å². The van der Waals surface area contributed by atoms with Crippen molar-refractivity contribution in [2.24, 2.45) is 0 Å². The zero-order valence-electron chi connectivity index (χ0n) is 18.4. The molecule has 10 heteroatoms. The summed E-state index contributed by atoms with van der Waals surface area (Å²) in [6, 6.07) is 18.3.